The Bertz CT molecular complexity index is 1380. The second-order valence-electron chi connectivity index (χ2n) is 7.78. The summed E-state index contributed by atoms with van der Waals surface area (Å²) in [6.07, 6.45) is 0.332. The molecule has 1 aliphatic heterocycles. The van der Waals surface area contributed by atoms with E-state index in [2.05, 4.69) is 0 Å². The average molecular weight is 425 g/mol. The molecule has 1 amide bonds. The molecule has 0 radical (unpaired) electrons. The van der Waals surface area contributed by atoms with Gasteiger partial charge in [0.05, 0.1) is 29.6 Å². The number of rotatable bonds is 5. The number of nitrogens with zero attached hydrogens (tertiary/aromatic N) is 3. The van der Waals surface area contributed by atoms with Gasteiger partial charge in [0.15, 0.2) is 0 Å². The van der Waals surface area contributed by atoms with Crippen LogP contribution in [0.1, 0.15) is 24.2 Å². The summed E-state index contributed by atoms with van der Waals surface area (Å²) < 4.78 is 6.88. The summed E-state index contributed by atoms with van der Waals surface area (Å²) in [4.78, 5) is 33.4. The minimum absolute atomic E-state index is 0.0392. The van der Waals surface area contributed by atoms with Crippen molar-refractivity contribution < 1.29 is 9.53 Å². The zero-order valence-electron chi connectivity index (χ0n) is 18.0. The zero-order valence-corrected chi connectivity index (χ0v) is 18.0. The van der Waals surface area contributed by atoms with Crippen molar-refractivity contribution in [1.82, 2.24) is 9.55 Å². The molecular weight excluding hydrogens is 402 g/mol. The highest BCUT2D eigenvalue weighted by Crippen LogP contribution is 2.38. The SMILES string of the molecule is CCN1C(=O)C(Cc2nc3ccccc3c(=O)n2-c2ccc(OC)cc2)c2ccccc21. The van der Waals surface area contributed by atoms with Gasteiger partial charge in [0.2, 0.25) is 5.91 Å². The number of methoxy groups -OCH3 is 1. The van der Waals surface area contributed by atoms with E-state index in [1.165, 1.54) is 0 Å². The van der Waals surface area contributed by atoms with Crippen LogP contribution >= 0.6 is 0 Å². The highest BCUT2D eigenvalue weighted by molar-refractivity contribution is 6.05. The number of ether oxygens (including phenoxy) is 1. The second-order valence-corrected chi connectivity index (χ2v) is 7.78. The molecule has 0 aliphatic carbocycles. The monoisotopic (exact) mass is 425 g/mol. The predicted molar refractivity (Wildman–Crippen MR) is 125 cm³/mol. The van der Waals surface area contributed by atoms with E-state index < -0.39 is 0 Å². The van der Waals surface area contributed by atoms with Crippen LogP contribution in [0.4, 0.5) is 5.69 Å². The first kappa shape index (κ1) is 20.0. The van der Waals surface area contributed by atoms with Gasteiger partial charge >= 0.3 is 0 Å². The molecule has 1 aliphatic rings. The highest BCUT2D eigenvalue weighted by atomic mass is 16.5. The minimum Gasteiger partial charge on any atom is -0.497 e. The van der Waals surface area contributed by atoms with Crippen LogP contribution in [0.3, 0.4) is 0 Å². The number of anilines is 1. The topological polar surface area (TPSA) is 64.4 Å². The van der Waals surface area contributed by atoms with Gasteiger partial charge in [-0.25, -0.2) is 4.98 Å². The van der Waals surface area contributed by atoms with Crippen molar-refractivity contribution in [2.24, 2.45) is 0 Å². The van der Waals surface area contributed by atoms with Crippen LogP contribution in [0.2, 0.25) is 0 Å². The molecule has 6 heteroatoms. The lowest BCUT2D eigenvalue weighted by Crippen LogP contribution is -2.31. The summed E-state index contributed by atoms with van der Waals surface area (Å²) in [7, 11) is 1.60. The summed E-state index contributed by atoms with van der Waals surface area (Å²) in [5.74, 6) is 0.918. The van der Waals surface area contributed by atoms with Crippen LogP contribution in [-0.4, -0.2) is 29.1 Å². The van der Waals surface area contributed by atoms with Crippen molar-refractivity contribution >= 4 is 22.5 Å². The number of hydrogen-bond acceptors (Lipinski definition) is 4. The van der Waals surface area contributed by atoms with E-state index in [1.807, 2.05) is 73.7 Å². The molecule has 0 bridgehead atoms. The number of aromatic nitrogens is 2. The second kappa shape index (κ2) is 7.96. The molecule has 4 aromatic rings. The molecule has 3 aromatic carbocycles. The molecule has 0 saturated carbocycles. The Labute approximate surface area is 185 Å². The Hall–Kier alpha value is -3.93. The number of fused-ring (bicyclic) bond motifs is 2. The van der Waals surface area contributed by atoms with E-state index in [0.717, 1.165) is 11.3 Å². The van der Waals surface area contributed by atoms with Crippen molar-refractivity contribution in [3.63, 3.8) is 0 Å². The molecule has 1 aromatic heterocycles. The average Bonchev–Trinajstić information content (AvgIpc) is 3.10. The number of likely N-dealkylation sites (N-methyl/N-ethyl adjacent to an activating group) is 1. The Morgan fingerprint density at radius 3 is 2.41 bits per heavy atom. The number of para-hydroxylation sites is 2. The van der Waals surface area contributed by atoms with E-state index in [0.29, 0.717) is 41.1 Å². The van der Waals surface area contributed by atoms with E-state index >= 15 is 0 Å². The van der Waals surface area contributed by atoms with Crippen molar-refractivity contribution in [3.05, 3.63) is 94.5 Å². The lowest BCUT2D eigenvalue weighted by atomic mass is 9.96. The third kappa shape index (κ3) is 3.15. The molecule has 32 heavy (non-hydrogen) atoms. The van der Waals surface area contributed by atoms with E-state index in [-0.39, 0.29) is 17.4 Å². The first-order valence-corrected chi connectivity index (χ1v) is 10.7. The van der Waals surface area contributed by atoms with Gasteiger partial charge in [-0.3, -0.25) is 14.2 Å². The van der Waals surface area contributed by atoms with Crippen molar-refractivity contribution in [2.45, 2.75) is 19.3 Å². The lowest BCUT2D eigenvalue weighted by Gasteiger charge is -2.17. The van der Waals surface area contributed by atoms with Gasteiger partial charge in [-0.05, 0) is 55.0 Å². The molecule has 0 N–H and O–H groups in total. The summed E-state index contributed by atoms with van der Waals surface area (Å²) >= 11 is 0. The maximum atomic E-state index is 13.5. The van der Waals surface area contributed by atoms with Gasteiger partial charge in [0, 0.05) is 18.7 Å². The van der Waals surface area contributed by atoms with Crippen LogP contribution in [0.5, 0.6) is 5.75 Å². The summed E-state index contributed by atoms with van der Waals surface area (Å²) in [5.41, 5.74) is 3.08. The number of carbonyl (C=O) groups excluding carboxylic acids is 1. The number of carbonyl (C=O) groups is 1. The molecule has 0 fully saturated rings. The molecule has 6 nitrogen and oxygen atoms in total. The summed E-state index contributed by atoms with van der Waals surface area (Å²) in [6.45, 7) is 2.57. The Kier molecular flexibility index (Phi) is 4.98. The van der Waals surface area contributed by atoms with Crippen LogP contribution in [0.15, 0.2) is 77.6 Å². The molecule has 0 spiro atoms. The van der Waals surface area contributed by atoms with E-state index in [1.54, 1.807) is 22.6 Å². The largest absolute Gasteiger partial charge is 0.497 e. The zero-order chi connectivity index (χ0) is 22.2. The fourth-order valence-electron chi connectivity index (χ4n) is 4.49. The first-order valence-electron chi connectivity index (χ1n) is 10.7. The third-order valence-electron chi connectivity index (χ3n) is 6.05. The van der Waals surface area contributed by atoms with Crippen molar-refractivity contribution in [2.75, 3.05) is 18.6 Å². The predicted octanol–water partition coefficient (Wildman–Crippen LogP) is 4.09. The van der Waals surface area contributed by atoms with Crippen LogP contribution in [0, 0.1) is 0 Å². The number of benzene rings is 3. The Balaban J connectivity index is 1.68. The van der Waals surface area contributed by atoms with Crippen molar-refractivity contribution in [1.29, 1.82) is 0 Å². The first-order chi connectivity index (χ1) is 15.6. The van der Waals surface area contributed by atoms with Gasteiger partial charge < -0.3 is 9.64 Å². The van der Waals surface area contributed by atoms with Gasteiger partial charge in [-0.15, -0.1) is 0 Å². The van der Waals surface area contributed by atoms with Crippen LogP contribution in [0.25, 0.3) is 16.6 Å². The summed E-state index contributed by atoms with van der Waals surface area (Å²) in [5, 5.41) is 0.542. The summed E-state index contributed by atoms with van der Waals surface area (Å²) in [6, 6.07) is 22.5. The maximum absolute atomic E-state index is 13.5. The number of amides is 1. The van der Waals surface area contributed by atoms with Gasteiger partial charge in [0.25, 0.3) is 5.56 Å². The smallest absolute Gasteiger partial charge is 0.265 e. The maximum Gasteiger partial charge on any atom is 0.265 e. The van der Waals surface area contributed by atoms with E-state index in [4.69, 9.17) is 9.72 Å². The highest BCUT2D eigenvalue weighted by Gasteiger charge is 2.37. The molecule has 5 rings (SSSR count). The molecule has 0 saturated heterocycles. The fourth-order valence-corrected chi connectivity index (χ4v) is 4.49. The normalized spacial score (nSPS) is 15.2. The third-order valence-corrected chi connectivity index (χ3v) is 6.05. The standard InChI is InChI=1S/C26H23N3O3/c1-3-28-23-11-7-5-8-19(23)21(25(28)30)16-24-27-22-10-6-4-9-20(22)26(31)29(24)17-12-14-18(32-2)15-13-17/h4-15,21H,3,16H2,1-2H3. The minimum atomic E-state index is -0.385. The van der Waals surface area contributed by atoms with Gasteiger partial charge in [-0.1, -0.05) is 30.3 Å². The van der Waals surface area contributed by atoms with Crippen molar-refractivity contribution in [3.8, 4) is 11.4 Å². The van der Waals surface area contributed by atoms with Gasteiger partial charge in [-0.2, -0.15) is 0 Å². The Morgan fingerprint density at radius 1 is 0.938 bits per heavy atom. The quantitative estimate of drug-likeness (QED) is 0.483. The van der Waals surface area contributed by atoms with Crippen LogP contribution in [-0.2, 0) is 11.2 Å². The van der Waals surface area contributed by atoms with Gasteiger partial charge in [0.1, 0.15) is 11.6 Å². The molecule has 1 unspecified atom stereocenters. The molecular formula is C26H23N3O3. The lowest BCUT2D eigenvalue weighted by molar-refractivity contribution is -0.119. The number of hydrogen-bond donors (Lipinski definition) is 0. The molecule has 2 heterocycles. The Morgan fingerprint density at radius 2 is 1.66 bits per heavy atom. The molecule has 160 valence electrons. The fraction of sp³-hybridized carbons (Fsp3) is 0.192. The molecule has 1 atom stereocenters. The van der Waals surface area contributed by atoms with Crippen LogP contribution < -0.4 is 15.2 Å². The van der Waals surface area contributed by atoms with E-state index in [9.17, 15) is 9.59 Å².